The third-order valence-electron chi connectivity index (χ3n) is 4.59. The third kappa shape index (κ3) is 1.46. The lowest BCUT2D eigenvalue weighted by atomic mass is 9.59. The molecule has 1 aliphatic carbocycles. The summed E-state index contributed by atoms with van der Waals surface area (Å²) in [6.45, 7) is 1.41. The van der Waals surface area contributed by atoms with Crippen LogP contribution in [-0.2, 0) is 9.53 Å². The Kier molecular flexibility index (Phi) is 2.59. The van der Waals surface area contributed by atoms with E-state index in [9.17, 15) is 25.2 Å². The second-order valence-corrected chi connectivity index (χ2v) is 5.93. The van der Waals surface area contributed by atoms with Gasteiger partial charge in [0.15, 0.2) is 24.0 Å². The van der Waals surface area contributed by atoms with Crippen LogP contribution in [0.2, 0.25) is 0 Å². The van der Waals surface area contributed by atoms with Crippen molar-refractivity contribution in [3.63, 3.8) is 0 Å². The van der Waals surface area contributed by atoms with Crippen molar-refractivity contribution < 1.29 is 34.9 Å². The van der Waals surface area contributed by atoms with Crippen molar-refractivity contribution >= 4 is 11.9 Å². The van der Waals surface area contributed by atoms with E-state index in [2.05, 4.69) is 10.3 Å². The molecule has 1 spiro atoms. The molecule has 1 saturated carbocycles. The zero-order valence-electron chi connectivity index (χ0n) is 10.8. The minimum Gasteiger partial charge on any atom is -0.454 e. The van der Waals surface area contributed by atoms with Crippen LogP contribution in [0.5, 0.6) is 0 Å². The third-order valence-corrected chi connectivity index (χ3v) is 4.59. The molecule has 9 nitrogen and oxygen atoms in total. The van der Waals surface area contributed by atoms with Gasteiger partial charge in [-0.3, -0.25) is 16.0 Å². The van der Waals surface area contributed by atoms with Gasteiger partial charge in [0.1, 0.15) is 11.7 Å². The molecule has 3 rings (SSSR count). The van der Waals surface area contributed by atoms with Gasteiger partial charge in [-0.05, 0) is 13.3 Å². The Bertz CT molecular complexity index is 495. The number of fused-ring (bicyclic) bond motifs is 1. The van der Waals surface area contributed by atoms with E-state index in [1.165, 1.54) is 6.92 Å². The monoisotopic (exact) mass is 288 g/mol. The molecule has 0 radical (unpaired) electrons. The Balaban J connectivity index is 2.16. The number of esters is 1. The molecule has 2 aliphatic heterocycles. The fourth-order valence-electron chi connectivity index (χ4n) is 3.62. The quantitative estimate of drug-likeness (QED) is 0.217. The van der Waals surface area contributed by atoms with E-state index in [1.807, 2.05) is 0 Å². The van der Waals surface area contributed by atoms with Crippen molar-refractivity contribution in [2.24, 2.45) is 11.7 Å². The van der Waals surface area contributed by atoms with Crippen molar-refractivity contribution in [1.82, 2.24) is 5.32 Å². The van der Waals surface area contributed by atoms with Crippen LogP contribution in [0.1, 0.15) is 13.3 Å². The maximum absolute atomic E-state index is 11.8. The van der Waals surface area contributed by atoms with Crippen LogP contribution in [0.15, 0.2) is 0 Å². The van der Waals surface area contributed by atoms with Crippen molar-refractivity contribution in [1.29, 1.82) is 0 Å². The molecule has 7 atom stereocenters. The molecule has 1 saturated heterocycles. The van der Waals surface area contributed by atoms with E-state index >= 15 is 0 Å². The number of rotatable bonds is 0. The highest BCUT2D eigenvalue weighted by atomic mass is 16.6. The van der Waals surface area contributed by atoms with Crippen LogP contribution < -0.4 is 16.0 Å². The van der Waals surface area contributed by atoms with Crippen LogP contribution in [0.3, 0.4) is 0 Å². The summed E-state index contributed by atoms with van der Waals surface area (Å²) in [6.07, 6.45) is -5.54. The Morgan fingerprint density at radius 3 is 2.75 bits per heavy atom. The van der Waals surface area contributed by atoms with Crippen LogP contribution in [0, 0.1) is 5.92 Å². The van der Waals surface area contributed by atoms with Crippen molar-refractivity contribution in [2.75, 3.05) is 0 Å². The molecule has 9 heteroatoms. The molecule has 2 fully saturated rings. The number of nitrogens with one attached hydrogen (secondary N) is 2. The van der Waals surface area contributed by atoms with E-state index in [-0.39, 0.29) is 12.4 Å². The van der Waals surface area contributed by atoms with E-state index < -0.39 is 47.6 Å². The fourth-order valence-corrected chi connectivity index (χ4v) is 3.62. The summed E-state index contributed by atoms with van der Waals surface area (Å²) in [5, 5.41) is 43.8. The van der Waals surface area contributed by atoms with Crippen molar-refractivity contribution in [2.45, 2.75) is 49.0 Å². The van der Waals surface area contributed by atoms with Crippen LogP contribution in [0.25, 0.3) is 0 Å². The predicted molar refractivity (Wildman–Crippen MR) is 62.7 cm³/mol. The van der Waals surface area contributed by atoms with E-state index in [4.69, 9.17) is 10.5 Å². The average molecular weight is 288 g/mol. The average Bonchev–Trinajstić information content (AvgIpc) is 2.33. The number of guanidine groups is 1. The summed E-state index contributed by atoms with van der Waals surface area (Å²) < 4.78 is 4.93. The number of carbonyl (C=O) groups is 1. The summed E-state index contributed by atoms with van der Waals surface area (Å²) in [5.41, 5.74) is 2.48. The van der Waals surface area contributed by atoms with Gasteiger partial charge in [0.2, 0.25) is 0 Å². The van der Waals surface area contributed by atoms with Gasteiger partial charge in [-0.2, -0.15) is 0 Å². The second-order valence-electron chi connectivity index (χ2n) is 5.93. The summed E-state index contributed by atoms with van der Waals surface area (Å²) in [7, 11) is 0. The minimum absolute atomic E-state index is 0.00745. The molecule has 0 aromatic carbocycles. The Hall–Kier alpha value is -1.42. The molecule has 0 aromatic heterocycles. The van der Waals surface area contributed by atoms with Gasteiger partial charge >= 0.3 is 11.9 Å². The van der Waals surface area contributed by atoms with Crippen LogP contribution >= 0.6 is 0 Å². The molecular weight excluding hydrogens is 270 g/mol. The molecule has 2 heterocycles. The first-order chi connectivity index (χ1) is 9.20. The number of nitrogens with two attached hydrogens (primary N) is 1. The first kappa shape index (κ1) is 13.6. The first-order valence-corrected chi connectivity index (χ1v) is 6.34. The molecule has 0 amide bonds. The summed E-state index contributed by atoms with van der Waals surface area (Å²) in [5.74, 6) is -1.87. The number of carbonyl (C=O) groups excluding carboxylic acids is 1. The molecule has 0 aromatic rings. The van der Waals surface area contributed by atoms with E-state index in [0.29, 0.717) is 0 Å². The zero-order valence-corrected chi connectivity index (χ0v) is 10.8. The van der Waals surface area contributed by atoms with Crippen molar-refractivity contribution in [3.8, 4) is 0 Å². The number of hydrogen-bond donors (Lipinski definition) is 7. The molecule has 20 heavy (non-hydrogen) atoms. The maximum Gasteiger partial charge on any atom is 0.343 e. The molecule has 112 valence electrons. The summed E-state index contributed by atoms with van der Waals surface area (Å²) in [6, 6.07) is 0. The lowest BCUT2D eigenvalue weighted by Gasteiger charge is -2.58. The smallest absolute Gasteiger partial charge is 0.343 e. The Labute approximate surface area is 114 Å². The molecule has 3 aliphatic rings. The minimum atomic E-state index is -1.70. The normalized spacial score (nSPS) is 54.4. The Morgan fingerprint density at radius 2 is 2.10 bits per heavy atom. The lowest BCUT2D eigenvalue weighted by molar-refractivity contribution is -0.585. The van der Waals surface area contributed by atoms with Gasteiger partial charge in [0.05, 0.1) is 5.92 Å². The number of aliphatic hydroxyl groups excluding tert-OH is 3. The molecule has 2 unspecified atom stereocenters. The highest BCUT2D eigenvalue weighted by molar-refractivity contribution is 5.82. The maximum atomic E-state index is 11.8. The SMILES string of the molecule is C[C@]1(O)CC2[C@@H](O)[NH+]=C(N)N[C@]23C(O)C(=O)O[C@H]1[C@H]3O. The highest BCUT2D eigenvalue weighted by Crippen LogP contribution is 2.47. The zero-order chi connectivity index (χ0) is 14.9. The van der Waals surface area contributed by atoms with Crippen LogP contribution in [-0.4, -0.2) is 68.0 Å². The highest BCUT2D eigenvalue weighted by Gasteiger charge is 2.72. The number of ether oxygens (including phenoxy) is 1. The second kappa shape index (κ2) is 3.82. The van der Waals surface area contributed by atoms with Gasteiger partial charge in [-0.1, -0.05) is 0 Å². The first-order valence-electron chi connectivity index (χ1n) is 6.34. The number of hydrogen-bond acceptors (Lipinski definition) is 8. The summed E-state index contributed by atoms with van der Waals surface area (Å²) >= 11 is 0. The van der Waals surface area contributed by atoms with Crippen molar-refractivity contribution in [3.05, 3.63) is 0 Å². The predicted octanol–water partition coefficient (Wildman–Crippen LogP) is -5.54. The van der Waals surface area contributed by atoms with Gasteiger partial charge in [0, 0.05) is 0 Å². The van der Waals surface area contributed by atoms with Gasteiger partial charge in [-0.15, -0.1) is 0 Å². The standard InChI is InChI=1S/C11H17N3O6/c1-10(19)2-3-7(17)13-9(12)14-11(3)4(15)6(10)20-8(18)5(11)16/h3-7,15-17,19H,2H2,1H3,(H3,12,13,14)/p+1/t3?,4-,5?,6+,7-,10+,11-/m1/s1. The largest absolute Gasteiger partial charge is 0.454 e. The lowest BCUT2D eigenvalue weighted by Crippen LogP contribution is -2.98. The molecule has 8 N–H and O–H groups in total. The van der Waals surface area contributed by atoms with Gasteiger partial charge in [0.25, 0.3) is 0 Å². The number of aliphatic hydroxyl groups is 4. The topological polar surface area (TPSA) is 159 Å². The Morgan fingerprint density at radius 1 is 1.45 bits per heavy atom. The van der Waals surface area contributed by atoms with Crippen LogP contribution in [0.4, 0.5) is 0 Å². The molecule has 2 bridgehead atoms. The van der Waals surface area contributed by atoms with E-state index in [0.717, 1.165) is 0 Å². The van der Waals surface area contributed by atoms with E-state index in [1.54, 1.807) is 0 Å². The molecular formula is C11H18N3O6+. The van der Waals surface area contributed by atoms with Gasteiger partial charge in [-0.25, -0.2) is 4.79 Å². The summed E-state index contributed by atoms with van der Waals surface area (Å²) in [4.78, 5) is 14.3. The van der Waals surface area contributed by atoms with Gasteiger partial charge < -0.3 is 25.2 Å². The fraction of sp³-hybridized carbons (Fsp3) is 0.818.